The van der Waals surface area contributed by atoms with E-state index in [1.807, 2.05) is 0 Å². The number of carbonyl (C=O) groups excluding carboxylic acids is 2. The number of benzene rings is 1. The molecule has 3 aromatic rings. The van der Waals surface area contributed by atoms with Crippen LogP contribution in [0.1, 0.15) is 48.0 Å². The number of carbonyl (C=O) groups is 2. The van der Waals surface area contributed by atoms with E-state index < -0.39 is 11.9 Å². The van der Waals surface area contributed by atoms with Gasteiger partial charge in [-0.15, -0.1) is 16.4 Å². The number of esters is 1. The summed E-state index contributed by atoms with van der Waals surface area (Å²) in [6.45, 7) is 5.48. The van der Waals surface area contributed by atoms with Crippen molar-refractivity contribution < 1.29 is 14.3 Å². The van der Waals surface area contributed by atoms with Crippen LogP contribution in [0.25, 0.3) is 10.2 Å². The molecule has 1 aliphatic carbocycles. The highest BCUT2D eigenvalue weighted by atomic mass is 32.1. The van der Waals surface area contributed by atoms with Crippen LogP contribution in [0.4, 0.5) is 5.69 Å². The first-order valence-corrected chi connectivity index (χ1v) is 11.1. The van der Waals surface area contributed by atoms with Gasteiger partial charge in [-0.25, -0.2) is 9.48 Å². The summed E-state index contributed by atoms with van der Waals surface area (Å²) in [6, 6.07) is 6.48. The molecule has 2 heterocycles. The number of anilines is 1. The van der Waals surface area contributed by atoms with Crippen molar-refractivity contribution in [3.8, 4) is 0 Å². The SMILES string of the molecule is CC(C)OC(=O)c1cccc(NC(=O)Cn2nnc3sc4c(c3c2=O)CC[C@@H](C)C4)c1. The monoisotopic (exact) mass is 440 g/mol. The first kappa shape index (κ1) is 21.2. The molecule has 1 atom stereocenters. The van der Waals surface area contributed by atoms with Crippen molar-refractivity contribution >= 4 is 39.1 Å². The number of hydrogen-bond acceptors (Lipinski definition) is 7. The van der Waals surface area contributed by atoms with Crippen molar-refractivity contribution in [2.75, 3.05) is 5.32 Å². The molecule has 0 unspecified atom stereocenters. The minimum absolute atomic E-state index is 0.239. The predicted molar refractivity (Wildman–Crippen MR) is 118 cm³/mol. The van der Waals surface area contributed by atoms with E-state index >= 15 is 0 Å². The topological polar surface area (TPSA) is 103 Å². The van der Waals surface area contributed by atoms with E-state index in [2.05, 4.69) is 22.6 Å². The van der Waals surface area contributed by atoms with Gasteiger partial charge < -0.3 is 10.1 Å². The summed E-state index contributed by atoms with van der Waals surface area (Å²) in [5.41, 5.74) is 1.54. The number of amides is 1. The average molecular weight is 441 g/mol. The van der Waals surface area contributed by atoms with E-state index in [0.29, 0.717) is 27.4 Å². The molecule has 0 radical (unpaired) electrons. The molecule has 1 amide bonds. The molecule has 0 saturated carbocycles. The summed E-state index contributed by atoms with van der Waals surface area (Å²) >= 11 is 1.52. The van der Waals surface area contributed by atoms with Gasteiger partial charge in [-0.05, 0) is 62.8 Å². The van der Waals surface area contributed by atoms with Gasteiger partial charge in [-0.2, -0.15) is 0 Å². The van der Waals surface area contributed by atoms with Crippen LogP contribution in [0.2, 0.25) is 0 Å². The third kappa shape index (κ3) is 4.51. The first-order chi connectivity index (χ1) is 14.8. The summed E-state index contributed by atoms with van der Waals surface area (Å²) in [5.74, 6) is -0.298. The molecule has 1 aliphatic rings. The van der Waals surface area contributed by atoms with Crippen LogP contribution in [0, 0.1) is 5.92 Å². The second-order valence-corrected chi connectivity index (χ2v) is 9.25. The van der Waals surface area contributed by atoms with Crippen molar-refractivity contribution in [3.63, 3.8) is 0 Å². The first-order valence-electron chi connectivity index (χ1n) is 10.3. The maximum Gasteiger partial charge on any atom is 0.338 e. The van der Waals surface area contributed by atoms with Gasteiger partial charge in [-0.1, -0.05) is 18.2 Å². The molecule has 1 aromatic carbocycles. The lowest BCUT2D eigenvalue weighted by atomic mass is 9.89. The van der Waals surface area contributed by atoms with Gasteiger partial charge in [-0.3, -0.25) is 9.59 Å². The average Bonchev–Trinajstić information content (AvgIpc) is 3.08. The van der Waals surface area contributed by atoms with Crippen molar-refractivity contribution in [3.05, 3.63) is 50.6 Å². The fourth-order valence-corrected chi connectivity index (χ4v) is 5.06. The minimum Gasteiger partial charge on any atom is -0.459 e. The maximum absolute atomic E-state index is 13.0. The number of nitrogens with one attached hydrogen (secondary N) is 1. The highest BCUT2D eigenvalue weighted by Crippen LogP contribution is 2.35. The van der Waals surface area contributed by atoms with E-state index in [4.69, 9.17) is 4.74 Å². The van der Waals surface area contributed by atoms with Crippen molar-refractivity contribution in [1.29, 1.82) is 0 Å². The Morgan fingerprint density at radius 3 is 2.94 bits per heavy atom. The zero-order valence-corrected chi connectivity index (χ0v) is 18.5. The summed E-state index contributed by atoms with van der Waals surface area (Å²) < 4.78 is 6.28. The highest BCUT2D eigenvalue weighted by molar-refractivity contribution is 7.18. The molecule has 8 nitrogen and oxygen atoms in total. The third-order valence-electron chi connectivity index (χ3n) is 5.20. The fraction of sp³-hybridized carbons (Fsp3) is 0.409. The van der Waals surface area contributed by atoms with Crippen LogP contribution in [-0.4, -0.2) is 33.0 Å². The minimum atomic E-state index is -0.463. The van der Waals surface area contributed by atoms with Crippen LogP contribution < -0.4 is 10.9 Å². The molecule has 1 N–H and O–H groups in total. The Morgan fingerprint density at radius 2 is 2.16 bits per heavy atom. The van der Waals surface area contributed by atoms with Crippen molar-refractivity contribution in [2.45, 2.75) is 52.7 Å². The summed E-state index contributed by atoms with van der Waals surface area (Å²) in [4.78, 5) is 39.5. The Hall–Kier alpha value is -3.07. The Morgan fingerprint density at radius 1 is 1.35 bits per heavy atom. The number of aryl methyl sites for hydroxylation is 1. The van der Waals surface area contributed by atoms with Crippen LogP contribution in [0.3, 0.4) is 0 Å². The lowest BCUT2D eigenvalue weighted by Gasteiger charge is -2.17. The smallest absolute Gasteiger partial charge is 0.338 e. The molecule has 162 valence electrons. The largest absolute Gasteiger partial charge is 0.459 e. The Bertz CT molecular complexity index is 1210. The molecule has 2 aromatic heterocycles. The molecule has 31 heavy (non-hydrogen) atoms. The van der Waals surface area contributed by atoms with Gasteiger partial charge in [0.05, 0.1) is 17.1 Å². The number of ether oxygens (including phenoxy) is 1. The van der Waals surface area contributed by atoms with E-state index in [0.717, 1.165) is 29.5 Å². The molecule has 0 spiro atoms. The van der Waals surface area contributed by atoms with E-state index in [9.17, 15) is 14.4 Å². The number of thiophene rings is 1. The number of aromatic nitrogens is 3. The molecule has 4 rings (SSSR count). The van der Waals surface area contributed by atoms with Gasteiger partial charge in [0.2, 0.25) is 5.91 Å². The summed E-state index contributed by atoms with van der Waals surface area (Å²) in [7, 11) is 0. The Labute approximate surface area is 183 Å². The van der Waals surface area contributed by atoms with E-state index in [1.54, 1.807) is 32.0 Å². The normalized spacial score (nSPS) is 15.7. The lowest BCUT2D eigenvalue weighted by molar-refractivity contribution is -0.117. The maximum atomic E-state index is 13.0. The van der Waals surface area contributed by atoms with Crippen LogP contribution in [0.15, 0.2) is 29.1 Å². The zero-order valence-electron chi connectivity index (χ0n) is 17.7. The molecule has 0 aliphatic heterocycles. The number of rotatable bonds is 5. The standard InChI is InChI=1S/C22H24N4O4S/c1-12(2)30-22(29)14-5-4-6-15(10-14)23-18(27)11-26-21(28)19-16-8-7-13(3)9-17(16)31-20(19)24-25-26/h4-6,10,12-13H,7-9,11H2,1-3H3,(H,23,27)/t13-/m1/s1. The van der Waals surface area contributed by atoms with E-state index in [1.165, 1.54) is 22.3 Å². The van der Waals surface area contributed by atoms with Gasteiger partial charge in [0.25, 0.3) is 5.56 Å². The lowest BCUT2D eigenvalue weighted by Crippen LogP contribution is -2.30. The van der Waals surface area contributed by atoms with Gasteiger partial charge in [0.15, 0.2) is 4.83 Å². The van der Waals surface area contributed by atoms with Crippen LogP contribution >= 0.6 is 11.3 Å². The molecular weight excluding hydrogens is 416 g/mol. The predicted octanol–water partition coefficient (Wildman–Crippen LogP) is 3.18. The van der Waals surface area contributed by atoms with Crippen molar-refractivity contribution in [2.24, 2.45) is 5.92 Å². The molecular formula is C22H24N4O4S. The summed E-state index contributed by atoms with van der Waals surface area (Å²) in [6.07, 6.45) is 2.60. The number of fused-ring (bicyclic) bond motifs is 3. The highest BCUT2D eigenvalue weighted by Gasteiger charge is 2.24. The van der Waals surface area contributed by atoms with Crippen LogP contribution in [-0.2, 0) is 28.9 Å². The van der Waals surface area contributed by atoms with Gasteiger partial charge in [0.1, 0.15) is 6.54 Å². The van der Waals surface area contributed by atoms with E-state index in [-0.39, 0.29) is 18.2 Å². The quantitative estimate of drug-likeness (QED) is 0.611. The third-order valence-corrected chi connectivity index (χ3v) is 6.34. The van der Waals surface area contributed by atoms with Gasteiger partial charge in [0, 0.05) is 10.6 Å². The number of nitrogens with zero attached hydrogens (tertiary/aromatic N) is 3. The molecule has 0 bridgehead atoms. The van der Waals surface area contributed by atoms with Crippen LogP contribution in [0.5, 0.6) is 0 Å². The van der Waals surface area contributed by atoms with Gasteiger partial charge >= 0.3 is 5.97 Å². The second-order valence-electron chi connectivity index (χ2n) is 8.17. The Balaban J connectivity index is 1.52. The zero-order chi connectivity index (χ0) is 22.1. The number of hydrogen-bond donors (Lipinski definition) is 1. The molecule has 9 heteroatoms. The fourth-order valence-electron chi connectivity index (χ4n) is 3.74. The molecule has 0 fully saturated rings. The molecule has 0 saturated heterocycles. The van der Waals surface area contributed by atoms with Crippen molar-refractivity contribution in [1.82, 2.24) is 15.0 Å². The summed E-state index contributed by atoms with van der Waals surface area (Å²) in [5, 5.41) is 11.4. The Kier molecular flexibility index (Phi) is 5.86. The second kappa shape index (κ2) is 8.58.